The van der Waals surface area contributed by atoms with Gasteiger partial charge in [0.25, 0.3) is 0 Å². The Labute approximate surface area is 595 Å². The van der Waals surface area contributed by atoms with Gasteiger partial charge in [0.15, 0.2) is 24.8 Å². The Morgan fingerprint density at radius 3 is 1.26 bits per heavy atom. The van der Waals surface area contributed by atoms with E-state index in [4.69, 9.17) is 32.7 Å². The highest BCUT2D eigenvalue weighted by molar-refractivity contribution is 7.46. The molecule has 2 heterocycles. The molecule has 12 N–H and O–H groups in total. The lowest BCUT2D eigenvalue weighted by molar-refractivity contribution is -0.312. The van der Waals surface area contributed by atoms with Crippen molar-refractivity contribution < 1.29 is 110 Å². The lowest BCUT2D eigenvalue weighted by Crippen LogP contribution is -2.74. The van der Waals surface area contributed by atoms with Crippen molar-refractivity contribution in [1.29, 1.82) is 0 Å². The largest absolute Gasteiger partial charge is 0.470 e. The van der Waals surface area contributed by atoms with Crippen molar-refractivity contribution in [1.82, 2.24) is 26.6 Å². The molecule has 10 atom stereocenters. The number of ether oxygens (including phenoxy) is 5. The number of amides is 5. The van der Waals surface area contributed by atoms with Crippen LogP contribution in [0, 0.1) is 0 Å². The number of nitrogens with one attached hydrogen (secondary N) is 5. The van der Waals surface area contributed by atoms with Crippen LogP contribution in [0.25, 0.3) is 0 Å². The van der Waals surface area contributed by atoms with E-state index >= 15 is 0 Å². The number of unbranched alkanes of at least 4 members (excludes halogenated alkanes) is 32. The third-order valence-electron chi connectivity index (χ3n) is 18.2. The summed E-state index contributed by atoms with van der Waals surface area (Å²) in [7, 11) is -10.8. The fraction of sp³-hybridized carbons (Fsp3) is 0.900. The van der Waals surface area contributed by atoms with Crippen molar-refractivity contribution >= 4 is 57.1 Å². The molecule has 584 valence electrons. The summed E-state index contributed by atoms with van der Waals surface area (Å²) in [5.41, 5.74) is -2.48. The van der Waals surface area contributed by atoms with Crippen LogP contribution in [0.5, 0.6) is 0 Å². The van der Waals surface area contributed by atoms with E-state index in [1.54, 1.807) is 0 Å². The van der Waals surface area contributed by atoms with Gasteiger partial charge in [-0.1, -0.05) is 227 Å². The maximum absolute atomic E-state index is 14.1. The number of aliphatic hydroxyl groups excluding tert-OH is 3. The van der Waals surface area contributed by atoms with E-state index in [9.17, 15) is 77.6 Å². The van der Waals surface area contributed by atoms with Gasteiger partial charge in [0, 0.05) is 45.1 Å². The number of carbonyl (C=O) groups is 7. The van der Waals surface area contributed by atoms with Gasteiger partial charge in [-0.2, -0.15) is 0 Å². The molecule has 0 aromatic heterocycles. The predicted molar refractivity (Wildman–Crippen MR) is 376 cm³/mol. The second-order valence-electron chi connectivity index (χ2n) is 27.1. The van der Waals surface area contributed by atoms with E-state index < -0.39 is 151 Å². The van der Waals surface area contributed by atoms with Gasteiger partial charge in [0.1, 0.15) is 49.1 Å². The van der Waals surface area contributed by atoms with E-state index in [1.807, 2.05) is 0 Å². The monoisotopic (exact) mass is 1470 g/mol. The van der Waals surface area contributed by atoms with Gasteiger partial charge < -0.3 is 85.2 Å². The van der Waals surface area contributed by atoms with Gasteiger partial charge in [-0.05, 0) is 38.5 Å². The first-order valence-corrected chi connectivity index (χ1v) is 41.1. The SMILES string of the molecule is CCCCCCCCCCCCCC(=O)N[C@H]1[C@H](OC[C@H]2O[C@H](O)[C@](CCOP(=O)(O)O)(NC(=O)CCCCCNC(=O)CCCCCCC)[C@@H](OC(=O)CNC(=O)CCCCCCCCCCC)[C@@H]2O)O[C@H](CO)[C@@H](OP(=O)(O)O)[C@@H]1OC(=O)CNC(=O)CCCCCCCCCCC. The number of phosphoric ester groups is 2. The third-order valence-corrected chi connectivity index (χ3v) is 19.3. The molecule has 2 aliphatic heterocycles. The Bertz CT molecular complexity index is 2340. The van der Waals surface area contributed by atoms with Crippen molar-refractivity contribution in [3.63, 3.8) is 0 Å². The van der Waals surface area contributed by atoms with Crippen molar-refractivity contribution in [2.24, 2.45) is 0 Å². The second kappa shape index (κ2) is 55.7. The molecule has 2 aliphatic rings. The lowest BCUT2D eigenvalue weighted by atomic mass is 9.80. The van der Waals surface area contributed by atoms with Gasteiger partial charge in [0.2, 0.25) is 29.5 Å². The Balaban J connectivity index is 2.56. The van der Waals surface area contributed by atoms with Gasteiger partial charge >= 0.3 is 27.6 Å². The van der Waals surface area contributed by atoms with E-state index in [0.29, 0.717) is 51.5 Å². The number of hydrogen-bond acceptors (Lipinski definition) is 19. The number of aliphatic hydroxyl groups is 3. The Kier molecular flexibility index (Phi) is 51.5. The standard InChI is InChI=1S/C70H131N5O23P2/c1-5-9-13-17-20-23-24-27-30-34-39-45-59(80)74-63-66(96-61(82)50-72-57(78)43-37-32-28-25-21-18-14-10-6-2)65(98-100(89,90)91)54(52-76)94-68(63)92-53-55-64(84)67(97-62(83)51-73-58(79)44-38-33-29-26-22-19-15-11-7-3)70(69(85)95-55,47-49-93-99(86,87)88)75-60(81)46-40-35-41-48-71-56(77)42-36-31-16-12-8-4/h54-55,63-69,76,84-85H,5-53H2,1-4H3,(H,71,77)(H,72,78)(H,73,79)(H,74,80)(H,75,81)(H2,86,87,88)(H2,89,90,91)/t54-,55-,63-,64-,65-,66-,67+,68-,69+,70-/m1/s1. The minimum absolute atomic E-state index is 0.0652. The van der Waals surface area contributed by atoms with E-state index in [0.717, 1.165) is 148 Å². The van der Waals surface area contributed by atoms with Crippen LogP contribution in [0.4, 0.5) is 0 Å². The number of phosphoric acid groups is 2. The number of esters is 2. The molecule has 0 saturated carbocycles. The molecule has 2 rings (SSSR count). The minimum Gasteiger partial charge on any atom is -0.456 e. The molecule has 0 aromatic rings. The Morgan fingerprint density at radius 1 is 0.450 bits per heavy atom. The maximum Gasteiger partial charge on any atom is 0.470 e. The summed E-state index contributed by atoms with van der Waals surface area (Å²) in [4.78, 5) is 134. The first kappa shape index (κ1) is 92.4. The molecule has 2 saturated heterocycles. The highest BCUT2D eigenvalue weighted by atomic mass is 31.2. The molecule has 30 heteroatoms. The molecular formula is C70H131N5O23P2. The van der Waals surface area contributed by atoms with Crippen LogP contribution in [0.3, 0.4) is 0 Å². The maximum atomic E-state index is 14.1. The molecule has 0 aliphatic carbocycles. The molecule has 0 radical (unpaired) electrons. The van der Waals surface area contributed by atoms with Gasteiger partial charge in [-0.25, -0.2) is 9.13 Å². The summed E-state index contributed by atoms with van der Waals surface area (Å²) >= 11 is 0. The average Bonchev–Trinajstić information content (AvgIpc) is 0.757. The Hall–Kier alpha value is -3.73. The molecule has 28 nitrogen and oxygen atoms in total. The summed E-state index contributed by atoms with van der Waals surface area (Å²) in [5.74, 6) is -4.91. The predicted octanol–water partition coefficient (Wildman–Crippen LogP) is 9.75. The summed E-state index contributed by atoms with van der Waals surface area (Å²) in [6.45, 7) is 4.43. The molecule has 0 unspecified atom stereocenters. The molecular weight excluding hydrogens is 1340 g/mol. The van der Waals surface area contributed by atoms with Crippen LogP contribution in [0.1, 0.15) is 304 Å². The Morgan fingerprint density at radius 2 is 0.840 bits per heavy atom. The summed E-state index contributed by atoms with van der Waals surface area (Å²) < 4.78 is 64.6. The van der Waals surface area contributed by atoms with Crippen LogP contribution in [-0.4, -0.2) is 177 Å². The zero-order valence-corrected chi connectivity index (χ0v) is 62.7. The topological polar surface area (TPSA) is 420 Å². The van der Waals surface area contributed by atoms with Gasteiger partial charge in [0.05, 0.1) is 19.8 Å². The normalized spacial score (nSPS) is 21.6. The fourth-order valence-corrected chi connectivity index (χ4v) is 13.4. The molecule has 5 amide bonds. The first-order valence-electron chi connectivity index (χ1n) is 38.1. The lowest BCUT2D eigenvalue weighted by Gasteiger charge is -2.51. The third kappa shape index (κ3) is 42.9. The smallest absolute Gasteiger partial charge is 0.456 e. The van der Waals surface area contributed by atoms with Crippen LogP contribution < -0.4 is 26.6 Å². The van der Waals surface area contributed by atoms with Crippen LogP contribution in [0.15, 0.2) is 0 Å². The highest BCUT2D eigenvalue weighted by Gasteiger charge is 2.59. The van der Waals surface area contributed by atoms with Gasteiger partial charge in [-0.3, -0.25) is 42.6 Å². The van der Waals surface area contributed by atoms with E-state index in [1.165, 1.54) is 44.9 Å². The van der Waals surface area contributed by atoms with Gasteiger partial charge in [-0.15, -0.1) is 0 Å². The van der Waals surface area contributed by atoms with Crippen LogP contribution in [0.2, 0.25) is 0 Å². The summed E-state index contributed by atoms with van der Waals surface area (Å²) in [6, 6.07) is -1.76. The van der Waals surface area contributed by atoms with Crippen molar-refractivity contribution in [2.75, 3.05) is 39.5 Å². The molecule has 0 spiro atoms. The zero-order valence-electron chi connectivity index (χ0n) is 60.9. The minimum atomic E-state index is -5.55. The number of hydrogen-bond donors (Lipinski definition) is 12. The molecule has 2 fully saturated rings. The van der Waals surface area contributed by atoms with Crippen molar-refractivity contribution in [3.05, 3.63) is 0 Å². The van der Waals surface area contributed by atoms with Crippen LogP contribution in [-0.2, 0) is 75.4 Å². The second-order valence-corrected chi connectivity index (χ2v) is 29.5. The molecule has 100 heavy (non-hydrogen) atoms. The number of carbonyl (C=O) groups excluding carboxylic acids is 7. The van der Waals surface area contributed by atoms with Crippen LogP contribution >= 0.6 is 15.6 Å². The van der Waals surface area contributed by atoms with E-state index in [-0.39, 0.29) is 38.0 Å². The zero-order chi connectivity index (χ0) is 73.9. The molecule has 0 aromatic carbocycles. The quantitative estimate of drug-likeness (QED) is 0.0153. The highest BCUT2D eigenvalue weighted by Crippen LogP contribution is 2.43. The summed E-state index contributed by atoms with van der Waals surface area (Å²) in [6.07, 6.45) is 18.0. The van der Waals surface area contributed by atoms with Crippen molar-refractivity contribution in [3.8, 4) is 0 Å². The van der Waals surface area contributed by atoms with Crippen molar-refractivity contribution in [2.45, 2.75) is 365 Å². The number of rotatable bonds is 62. The fourth-order valence-electron chi connectivity index (χ4n) is 12.5. The van der Waals surface area contributed by atoms with E-state index in [2.05, 4.69) is 54.3 Å². The summed E-state index contributed by atoms with van der Waals surface area (Å²) in [5, 5.41) is 48.6. The first-order chi connectivity index (χ1) is 47.9. The average molecular weight is 1470 g/mol. The molecule has 0 bridgehead atoms.